The number of hydrogen-bond donors (Lipinski definition) is 2. The van der Waals surface area contributed by atoms with E-state index in [1.807, 2.05) is 0 Å². The second-order valence-corrected chi connectivity index (χ2v) is 2.64. The molecule has 0 heterocycles. The normalized spacial score (nSPS) is 9.62. The molecule has 0 radical (unpaired) electrons. The van der Waals surface area contributed by atoms with Gasteiger partial charge in [-0.15, -0.1) is 0 Å². The number of anilines is 1. The summed E-state index contributed by atoms with van der Waals surface area (Å²) >= 11 is 0. The van der Waals surface area contributed by atoms with E-state index in [4.69, 9.17) is 15.6 Å². The Balaban J connectivity index is 2.99. The quantitative estimate of drug-likeness (QED) is 0.679. The van der Waals surface area contributed by atoms with Gasteiger partial charge >= 0.3 is 5.97 Å². The van der Waals surface area contributed by atoms with Crippen molar-refractivity contribution in [1.29, 1.82) is 0 Å². The van der Waals surface area contributed by atoms with Crippen molar-refractivity contribution in [3.8, 4) is 5.75 Å². The highest BCUT2D eigenvalue weighted by molar-refractivity contribution is 5.71. The van der Waals surface area contributed by atoms with Crippen LogP contribution in [-0.4, -0.2) is 18.2 Å². The molecular weight excluding hydrogens is 170 g/mol. The minimum absolute atomic E-state index is 0.0521. The van der Waals surface area contributed by atoms with E-state index in [1.165, 1.54) is 7.11 Å². The molecule has 0 fully saturated rings. The molecule has 1 aromatic rings. The Labute approximate surface area is 75.9 Å². The molecular formula is C9H11NO3. The highest BCUT2D eigenvalue weighted by Gasteiger charge is 2.06. The Morgan fingerprint density at radius 2 is 2.31 bits per heavy atom. The molecule has 0 bridgehead atoms. The van der Waals surface area contributed by atoms with Crippen molar-refractivity contribution in [2.75, 3.05) is 12.8 Å². The van der Waals surface area contributed by atoms with Crippen LogP contribution in [0.3, 0.4) is 0 Å². The van der Waals surface area contributed by atoms with Gasteiger partial charge in [-0.3, -0.25) is 4.79 Å². The lowest BCUT2D eigenvalue weighted by atomic mass is 10.1. The highest BCUT2D eigenvalue weighted by atomic mass is 16.5. The zero-order valence-electron chi connectivity index (χ0n) is 7.28. The smallest absolute Gasteiger partial charge is 0.307 e. The summed E-state index contributed by atoms with van der Waals surface area (Å²) in [6.07, 6.45) is -0.0521. The SMILES string of the molecule is COc1cc(N)ccc1CC(=O)O. The molecule has 0 aliphatic heterocycles. The molecule has 0 saturated carbocycles. The Kier molecular flexibility index (Phi) is 2.74. The number of nitrogen functional groups attached to an aromatic ring is 1. The van der Waals surface area contributed by atoms with Crippen LogP contribution < -0.4 is 10.5 Å². The first-order chi connectivity index (χ1) is 6.13. The van der Waals surface area contributed by atoms with Gasteiger partial charge in [0.05, 0.1) is 13.5 Å². The highest BCUT2D eigenvalue weighted by Crippen LogP contribution is 2.21. The summed E-state index contributed by atoms with van der Waals surface area (Å²) in [6, 6.07) is 4.92. The number of rotatable bonds is 3. The Bertz CT molecular complexity index is 323. The van der Waals surface area contributed by atoms with Crippen molar-refractivity contribution in [2.24, 2.45) is 0 Å². The van der Waals surface area contributed by atoms with Crippen LogP contribution in [0.1, 0.15) is 5.56 Å². The Morgan fingerprint density at radius 1 is 1.62 bits per heavy atom. The van der Waals surface area contributed by atoms with Gasteiger partial charge < -0.3 is 15.6 Å². The second kappa shape index (κ2) is 3.80. The van der Waals surface area contributed by atoms with Crippen LogP contribution in [0.15, 0.2) is 18.2 Å². The molecule has 13 heavy (non-hydrogen) atoms. The number of benzene rings is 1. The molecule has 0 unspecified atom stereocenters. The molecule has 0 amide bonds. The number of aliphatic carboxylic acids is 1. The zero-order valence-corrected chi connectivity index (χ0v) is 7.28. The summed E-state index contributed by atoms with van der Waals surface area (Å²) < 4.78 is 4.98. The van der Waals surface area contributed by atoms with Crippen LogP contribution >= 0.6 is 0 Å². The molecule has 1 rings (SSSR count). The number of carbonyl (C=O) groups is 1. The number of methoxy groups -OCH3 is 1. The third-order valence-corrected chi connectivity index (χ3v) is 1.65. The first-order valence-corrected chi connectivity index (χ1v) is 3.77. The third kappa shape index (κ3) is 2.37. The molecule has 4 heteroatoms. The summed E-state index contributed by atoms with van der Waals surface area (Å²) in [7, 11) is 1.49. The van der Waals surface area contributed by atoms with Crippen molar-refractivity contribution >= 4 is 11.7 Å². The van der Waals surface area contributed by atoms with Gasteiger partial charge in [-0.05, 0) is 6.07 Å². The number of hydrogen-bond acceptors (Lipinski definition) is 3. The fourth-order valence-electron chi connectivity index (χ4n) is 1.07. The third-order valence-electron chi connectivity index (χ3n) is 1.65. The van der Waals surface area contributed by atoms with Crippen LogP contribution in [-0.2, 0) is 11.2 Å². The minimum atomic E-state index is -0.886. The van der Waals surface area contributed by atoms with Gasteiger partial charge in [-0.1, -0.05) is 6.07 Å². The molecule has 0 spiro atoms. The van der Waals surface area contributed by atoms with Gasteiger partial charge in [0.2, 0.25) is 0 Å². The monoisotopic (exact) mass is 181 g/mol. The van der Waals surface area contributed by atoms with E-state index in [-0.39, 0.29) is 6.42 Å². The van der Waals surface area contributed by atoms with Gasteiger partial charge in [0, 0.05) is 17.3 Å². The van der Waals surface area contributed by atoms with Gasteiger partial charge in [-0.2, -0.15) is 0 Å². The molecule has 0 saturated heterocycles. The van der Waals surface area contributed by atoms with Crippen LogP contribution in [0.5, 0.6) is 5.75 Å². The number of carboxylic acids is 1. The van der Waals surface area contributed by atoms with Gasteiger partial charge in [0.15, 0.2) is 0 Å². The summed E-state index contributed by atoms with van der Waals surface area (Å²) in [5.41, 5.74) is 6.70. The van der Waals surface area contributed by atoms with E-state index in [9.17, 15) is 4.79 Å². The van der Waals surface area contributed by atoms with Crippen molar-refractivity contribution < 1.29 is 14.6 Å². The van der Waals surface area contributed by atoms with Crippen molar-refractivity contribution in [3.05, 3.63) is 23.8 Å². The first-order valence-electron chi connectivity index (χ1n) is 3.77. The predicted molar refractivity (Wildman–Crippen MR) is 48.7 cm³/mol. The van der Waals surface area contributed by atoms with E-state index in [2.05, 4.69) is 0 Å². The number of nitrogens with two attached hydrogens (primary N) is 1. The maximum Gasteiger partial charge on any atom is 0.307 e. The van der Waals surface area contributed by atoms with Gasteiger partial charge in [0.25, 0.3) is 0 Å². The van der Waals surface area contributed by atoms with Crippen LogP contribution in [0.25, 0.3) is 0 Å². The van der Waals surface area contributed by atoms with E-state index in [0.29, 0.717) is 17.0 Å². The lowest BCUT2D eigenvalue weighted by Gasteiger charge is -2.06. The molecule has 0 aliphatic carbocycles. The average molecular weight is 181 g/mol. The summed E-state index contributed by atoms with van der Waals surface area (Å²) in [5, 5.41) is 8.57. The topological polar surface area (TPSA) is 72.5 Å². The van der Waals surface area contributed by atoms with E-state index >= 15 is 0 Å². The fraction of sp³-hybridized carbons (Fsp3) is 0.222. The Morgan fingerprint density at radius 3 is 2.85 bits per heavy atom. The first kappa shape index (κ1) is 9.38. The van der Waals surface area contributed by atoms with Gasteiger partial charge in [0.1, 0.15) is 5.75 Å². The van der Waals surface area contributed by atoms with E-state index < -0.39 is 5.97 Å². The average Bonchev–Trinajstić information content (AvgIpc) is 2.07. The lowest BCUT2D eigenvalue weighted by molar-refractivity contribution is -0.136. The van der Waals surface area contributed by atoms with Crippen LogP contribution in [0.2, 0.25) is 0 Å². The summed E-state index contributed by atoms with van der Waals surface area (Å²) in [4.78, 5) is 10.4. The standard InChI is InChI=1S/C9H11NO3/c1-13-8-5-7(10)3-2-6(8)4-9(11)12/h2-3,5H,4,10H2,1H3,(H,11,12). The van der Waals surface area contributed by atoms with Crippen LogP contribution in [0.4, 0.5) is 5.69 Å². The summed E-state index contributed by atoms with van der Waals surface area (Å²) in [5.74, 6) is -0.370. The minimum Gasteiger partial charge on any atom is -0.496 e. The summed E-state index contributed by atoms with van der Waals surface area (Å²) in [6.45, 7) is 0. The zero-order chi connectivity index (χ0) is 9.84. The van der Waals surface area contributed by atoms with E-state index in [1.54, 1.807) is 18.2 Å². The van der Waals surface area contributed by atoms with Gasteiger partial charge in [-0.25, -0.2) is 0 Å². The predicted octanol–water partition coefficient (Wildman–Crippen LogP) is 0.905. The Hall–Kier alpha value is -1.71. The van der Waals surface area contributed by atoms with Crippen molar-refractivity contribution in [3.63, 3.8) is 0 Å². The van der Waals surface area contributed by atoms with Crippen molar-refractivity contribution in [1.82, 2.24) is 0 Å². The molecule has 4 nitrogen and oxygen atoms in total. The van der Waals surface area contributed by atoms with Crippen LogP contribution in [0, 0.1) is 0 Å². The molecule has 70 valence electrons. The molecule has 0 aliphatic rings. The van der Waals surface area contributed by atoms with Crippen molar-refractivity contribution in [2.45, 2.75) is 6.42 Å². The largest absolute Gasteiger partial charge is 0.496 e. The maximum absolute atomic E-state index is 10.4. The fourth-order valence-corrected chi connectivity index (χ4v) is 1.07. The molecule has 3 N–H and O–H groups in total. The molecule has 0 aromatic heterocycles. The second-order valence-electron chi connectivity index (χ2n) is 2.64. The van der Waals surface area contributed by atoms with E-state index in [0.717, 1.165) is 0 Å². The molecule has 1 aromatic carbocycles. The molecule has 0 atom stereocenters. The number of carboxylic acid groups (broad SMARTS) is 1. The number of ether oxygens (including phenoxy) is 1. The lowest BCUT2D eigenvalue weighted by Crippen LogP contribution is -2.02. The maximum atomic E-state index is 10.4.